The highest BCUT2D eigenvalue weighted by Gasteiger charge is 2.09. The molecule has 140 valence electrons. The Balaban J connectivity index is 1.66. The molecule has 0 aliphatic heterocycles. The van der Waals surface area contributed by atoms with E-state index >= 15 is 0 Å². The van der Waals surface area contributed by atoms with Crippen LogP contribution < -0.4 is 20.4 Å². The average Bonchev–Trinajstić information content (AvgIpc) is 2.65. The van der Waals surface area contributed by atoms with Gasteiger partial charge in [-0.3, -0.25) is 4.79 Å². The predicted molar refractivity (Wildman–Crippen MR) is 104 cm³/mol. The van der Waals surface area contributed by atoms with Crippen molar-refractivity contribution < 1.29 is 18.7 Å². The van der Waals surface area contributed by atoms with E-state index in [1.807, 2.05) is 26.0 Å². The van der Waals surface area contributed by atoms with Crippen molar-refractivity contribution in [2.24, 2.45) is 0 Å². The van der Waals surface area contributed by atoms with E-state index in [9.17, 15) is 9.59 Å². The fourth-order valence-electron chi connectivity index (χ4n) is 2.64. The summed E-state index contributed by atoms with van der Waals surface area (Å²) in [5.41, 5.74) is 1.36. The van der Waals surface area contributed by atoms with Crippen molar-refractivity contribution in [1.29, 1.82) is 0 Å². The summed E-state index contributed by atoms with van der Waals surface area (Å²) in [6, 6.07) is 13.8. The molecule has 0 spiro atoms. The third kappa shape index (κ3) is 4.67. The lowest BCUT2D eigenvalue weighted by Gasteiger charge is -2.12. The molecule has 1 amide bonds. The fourth-order valence-corrected chi connectivity index (χ4v) is 2.64. The Hall–Kier alpha value is -3.28. The van der Waals surface area contributed by atoms with Crippen LogP contribution in [0.3, 0.4) is 0 Å². The largest absolute Gasteiger partial charge is 0.490 e. The minimum atomic E-state index is -0.421. The predicted octanol–water partition coefficient (Wildman–Crippen LogP) is 3.91. The van der Waals surface area contributed by atoms with Crippen molar-refractivity contribution in [1.82, 2.24) is 0 Å². The van der Waals surface area contributed by atoms with Gasteiger partial charge in [0.05, 0.1) is 6.61 Å². The van der Waals surface area contributed by atoms with Crippen molar-refractivity contribution >= 4 is 22.6 Å². The number of benzene rings is 2. The molecule has 0 atom stereocenters. The van der Waals surface area contributed by atoms with Crippen LogP contribution in [0.2, 0.25) is 0 Å². The van der Waals surface area contributed by atoms with Crippen molar-refractivity contribution in [3.8, 4) is 11.5 Å². The number of nitrogens with one attached hydrogen (secondary N) is 1. The van der Waals surface area contributed by atoms with Crippen LogP contribution in [0.1, 0.15) is 18.9 Å². The molecular formula is C21H21NO5. The standard InChI is InChI=1S/C21H21NO5/c1-3-10-25-17-6-4-5-7-18(17)26-13-20(23)22-15-8-9-16-14(2)11-21(24)27-19(16)12-15/h4-9,11-12H,3,10,13H2,1-2H3,(H,22,23). The highest BCUT2D eigenvalue weighted by molar-refractivity contribution is 5.94. The SMILES string of the molecule is CCCOc1ccccc1OCC(=O)Nc1ccc2c(C)cc(=O)oc2c1. The van der Waals surface area contributed by atoms with Crippen LogP contribution in [0.5, 0.6) is 11.5 Å². The number of rotatable bonds is 7. The van der Waals surface area contributed by atoms with Crippen LogP contribution in [0.4, 0.5) is 5.69 Å². The smallest absolute Gasteiger partial charge is 0.336 e. The summed E-state index contributed by atoms with van der Waals surface area (Å²) in [6.07, 6.45) is 0.881. The quantitative estimate of drug-likeness (QED) is 0.641. The lowest BCUT2D eigenvalue weighted by Crippen LogP contribution is -2.20. The Morgan fingerprint density at radius 1 is 1.07 bits per heavy atom. The summed E-state index contributed by atoms with van der Waals surface area (Å²) in [6.45, 7) is 4.27. The minimum absolute atomic E-state index is 0.164. The molecule has 0 bridgehead atoms. The van der Waals surface area contributed by atoms with Crippen LogP contribution in [0, 0.1) is 6.92 Å². The van der Waals surface area contributed by atoms with E-state index in [2.05, 4.69) is 5.32 Å². The lowest BCUT2D eigenvalue weighted by molar-refractivity contribution is -0.118. The molecule has 6 heteroatoms. The molecular weight excluding hydrogens is 346 g/mol. The zero-order valence-electron chi connectivity index (χ0n) is 15.3. The van der Waals surface area contributed by atoms with Gasteiger partial charge >= 0.3 is 5.63 Å². The second-order valence-corrected chi connectivity index (χ2v) is 6.09. The maximum atomic E-state index is 12.2. The third-order valence-corrected chi connectivity index (χ3v) is 3.90. The molecule has 3 rings (SSSR count). The van der Waals surface area contributed by atoms with Gasteiger partial charge in [-0.15, -0.1) is 0 Å². The first-order chi connectivity index (χ1) is 13.1. The number of ether oxygens (including phenoxy) is 2. The van der Waals surface area contributed by atoms with Gasteiger partial charge in [-0.1, -0.05) is 19.1 Å². The number of hydrogen-bond acceptors (Lipinski definition) is 5. The van der Waals surface area contributed by atoms with Gasteiger partial charge in [0, 0.05) is 23.2 Å². The van der Waals surface area contributed by atoms with E-state index in [0.29, 0.717) is 29.4 Å². The topological polar surface area (TPSA) is 77.8 Å². The van der Waals surface area contributed by atoms with Gasteiger partial charge in [-0.05, 0) is 43.2 Å². The first kappa shape index (κ1) is 18.5. The molecule has 1 N–H and O–H groups in total. The number of anilines is 1. The monoisotopic (exact) mass is 367 g/mol. The Morgan fingerprint density at radius 3 is 2.56 bits per heavy atom. The molecule has 0 unspecified atom stereocenters. The van der Waals surface area contributed by atoms with Crippen LogP contribution in [-0.2, 0) is 4.79 Å². The Morgan fingerprint density at radius 2 is 1.81 bits per heavy atom. The highest BCUT2D eigenvalue weighted by Crippen LogP contribution is 2.26. The molecule has 1 heterocycles. The van der Waals surface area contributed by atoms with Crippen molar-refractivity contribution in [3.05, 3.63) is 64.5 Å². The maximum absolute atomic E-state index is 12.2. The molecule has 1 aromatic heterocycles. The van der Waals surface area contributed by atoms with Crippen molar-refractivity contribution in [2.45, 2.75) is 20.3 Å². The summed E-state index contributed by atoms with van der Waals surface area (Å²) in [5, 5.41) is 3.56. The molecule has 27 heavy (non-hydrogen) atoms. The second kappa shape index (κ2) is 8.40. The van der Waals surface area contributed by atoms with Gasteiger partial charge in [0.1, 0.15) is 5.58 Å². The Kier molecular flexibility index (Phi) is 5.76. The third-order valence-electron chi connectivity index (χ3n) is 3.90. The number of hydrogen-bond donors (Lipinski definition) is 1. The van der Waals surface area contributed by atoms with Crippen molar-refractivity contribution in [3.63, 3.8) is 0 Å². The van der Waals surface area contributed by atoms with E-state index in [4.69, 9.17) is 13.9 Å². The van der Waals surface area contributed by atoms with E-state index in [-0.39, 0.29) is 12.5 Å². The van der Waals surface area contributed by atoms with E-state index in [0.717, 1.165) is 17.4 Å². The molecule has 0 saturated carbocycles. The molecule has 0 radical (unpaired) electrons. The van der Waals surface area contributed by atoms with Crippen LogP contribution in [0.25, 0.3) is 11.0 Å². The molecule has 0 fully saturated rings. The highest BCUT2D eigenvalue weighted by atomic mass is 16.5. The van der Waals surface area contributed by atoms with Crippen LogP contribution >= 0.6 is 0 Å². The average molecular weight is 367 g/mol. The molecule has 0 aliphatic carbocycles. The minimum Gasteiger partial charge on any atom is -0.490 e. The molecule has 0 saturated heterocycles. The number of aryl methyl sites for hydroxylation is 1. The number of amides is 1. The van der Waals surface area contributed by atoms with Crippen LogP contribution in [-0.4, -0.2) is 19.1 Å². The zero-order chi connectivity index (χ0) is 19.2. The van der Waals surface area contributed by atoms with Gasteiger partial charge in [0.25, 0.3) is 5.91 Å². The van der Waals surface area contributed by atoms with Gasteiger partial charge in [-0.2, -0.15) is 0 Å². The molecule has 6 nitrogen and oxygen atoms in total. The summed E-state index contributed by atoms with van der Waals surface area (Å²) < 4.78 is 16.4. The number of carbonyl (C=O) groups is 1. The Labute approximate surface area is 156 Å². The number of para-hydroxylation sites is 2. The first-order valence-electron chi connectivity index (χ1n) is 8.76. The summed E-state index contributed by atoms with van der Waals surface area (Å²) in [7, 11) is 0. The van der Waals surface area contributed by atoms with E-state index in [1.54, 1.807) is 30.3 Å². The summed E-state index contributed by atoms with van der Waals surface area (Å²) in [5.74, 6) is 0.797. The number of carbonyl (C=O) groups excluding carboxylic acids is 1. The van der Waals surface area contributed by atoms with Crippen molar-refractivity contribution in [2.75, 3.05) is 18.5 Å². The maximum Gasteiger partial charge on any atom is 0.336 e. The van der Waals surface area contributed by atoms with E-state index < -0.39 is 5.63 Å². The molecule has 3 aromatic rings. The molecule has 0 aliphatic rings. The Bertz CT molecular complexity index is 1010. The van der Waals surface area contributed by atoms with Gasteiger partial charge in [-0.25, -0.2) is 4.79 Å². The lowest BCUT2D eigenvalue weighted by atomic mass is 10.1. The van der Waals surface area contributed by atoms with E-state index in [1.165, 1.54) is 6.07 Å². The fraction of sp³-hybridized carbons (Fsp3) is 0.238. The van der Waals surface area contributed by atoms with Gasteiger partial charge in [0.15, 0.2) is 18.1 Å². The normalized spacial score (nSPS) is 10.6. The molecule has 2 aromatic carbocycles. The second-order valence-electron chi connectivity index (χ2n) is 6.09. The zero-order valence-corrected chi connectivity index (χ0v) is 15.3. The van der Waals surface area contributed by atoms with Crippen LogP contribution in [0.15, 0.2) is 57.7 Å². The number of fused-ring (bicyclic) bond motifs is 1. The summed E-state index contributed by atoms with van der Waals surface area (Å²) in [4.78, 5) is 23.7. The summed E-state index contributed by atoms with van der Waals surface area (Å²) >= 11 is 0. The first-order valence-corrected chi connectivity index (χ1v) is 8.76. The van der Waals surface area contributed by atoms with Gasteiger partial charge in [0.2, 0.25) is 0 Å². The van der Waals surface area contributed by atoms with Gasteiger partial charge < -0.3 is 19.2 Å².